The third-order valence-corrected chi connectivity index (χ3v) is 2.54. The van der Waals surface area contributed by atoms with Crippen LogP contribution in [-0.2, 0) is 11.3 Å². The lowest BCUT2D eigenvalue weighted by Gasteiger charge is -2.26. The molecule has 0 saturated heterocycles. The smallest absolute Gasteiger partial charge is 0.0209 e. The molecule has 4 heteroatoms. The molecule has 0 saturated carbocycles. The molecule has 0 radical (unpaired) electrons. The number of hydrogen-bond acceptors (Lipinski definition) is 2. The Kier molecular flexibility index (Phi) is 4.97. The van der Waals surface area contributed by atoms with Gasteiger partial charge >= 0.3 is 0 Å². The van der Waals surface area contributed by atoms with Crippen LogP contribution < -0.4 is 0 Å². The van der Waals surface area contributed by atoms with Crippen molar-refractivity contribution in [3.8, 4) is 0 Å². The quantitative estimate of drug-likeness (QED) is 0.634. The lowest BCUT2D eigenvalue weighted by molar-refractivity contribution is 0.310. The highest BCUT2D eigenvalue weighted by molar-refractivity contribution is 7.76. The van der Waals surface area contributed by atoms with Gasteiger partial charge in [-0.15, -0.1) is 0 Å². The summed E-state index contributed by atoms with van der Waals surface area (Å²) in [7, 11) is 0. The van der Waals surface area contributed by atoms with Crippen LogP contribution >= 0.6 is 0 Å². The Balaban J connectivity index is 3.81. The van der Waals surface area contributed by atoms with Crippen molar-refractivity contribution >= 4 is 11.3 Å². The van der Waals surface area contributed by atoms with Crippen molar-refractivity contribution in [1.29, 1.82) is 0 Å². The first-order chi connectivity index (χ1) is 5.37. The second-order valence-corrected chi connectivity index (χ2v) is 5.00. The summed E-state index contributed by atoms with van der Waals surface area (Å²) < 4.78 is 22.6. The average Bonchev–Trinajstić information content (AvgIpc) is 1.85. The molecule has 1 atom stereocenters. The van der Waals surface area contributed by atoms with Gasteiger partial charge in [-0.3, -0.25) is 4.21 Å². The maximum Gasteiger partial charge on any atom is 0.0209 e. The van der Waals surface area contributed by atoms with Gasteiger partial charge in [-0.25, -0.2) is 4.31 Å². The molecule has 0 heterocycles. The van der Waals surface area contributed by atoms with E-state index in [1.807, 2.05) is 6.92 Å². The van der Waals surface area contributed by atoms with Crippen LogP contribution in [0.15, 0.2) is 0 Å². The van der Waals surface area contributed by atoms with E-state index in [1.165, 1.54) is 4.31 Å². The van der Waals surface area contributed by atoms with E-state index in [9.17, 15) is 8.76 Å². The summed E-state index contributed by atoms with van der Waals surface area (Å²) >= 11 is -2.05. The normalized spacial score (nSPS) is 15.2. The topological polar surface area (TPSA) is 43.4 Å². The van der Waals surface area contributed by atoms with E-state index in [-0.39, 0.29) is 5.41 Å². The predicted molar refractivity (Wildman–Crippen MR) is 50.2 cm³/mol. The second-order valence-electron chi connectivity index (χ2n) is 4.05. The molecule has 0 fully saturated rings. The summed E-state index contributed by atoms with van der Waals surface area (Å²) in [5.41, 5.74) is 0.201. The third-order valence-electron chi connectivity index (χ3n) is 1.67. The standard InChI is InChI=1S/C8H19NO2S/c1-5-9(12(10)11)7-6-8(2,3)4/h5-7H2,1-4H3,(H,10,11)/p-1. The molecule has 0 aliphatic carbocycles. The summed E-state index contributed by atoms with van der Waals surface area (Å²) in [6.45, 7) is 9.35. The van der Waals surface area contributed by atoms with Crippen molar-refractivity contribution in [2.24, 2.45) is 5.41 Å². The van der Waals surface area contributed by atoms with Gasteiger partial charge in [0, 0.05) is 24.4 Å². The molecule has 74 valence electrons. The highest BCUT2D eigenvalue weighted by Gasteiger charge is 2.12. The highest BCUT2D eigenvalue weighted by Crippen LogP contribution is 2.18. The van der Waals surface area contributed by atoms with Gasteiger partial charge in [0.05, 0.1) is 0 Å². The first-order valence-corrected chi connectivity index (χ1v) is 5.24. The van der Waals surface area contributed by atoms with Crippen molar-refractivity contribution in [2.45, 2.75) is 34.1 Å². The van der Waals surface area contributed by atoms with Gasteiger partial charge in [-0.1, -0.05) is 27.7 Å². The molecule has 0 aromatic heterocycles. The Morgan fingerprint density at radius 2 is 1.92 bits per heavy atom. The van der Waals surface area contributed by atoms with E-state index in [2.05, 4.69) is 20.8 Å². The molecule has 0 amide bonds. The average molecular weight is 192 g/mol. The maximum atomic E-state index is 10.6. The summed E-state index contributed by atoms with van der Waals surface area (Å²) in [5.74, 6) is 0. The molecule has 0 aliphatic heterocycles. The molecule has 0 aromatic rings. The minimum absolute atomic E-state index is 0.201. The van der Waals surface area contributed by atoms with Crippen LogP contribution in [0.1, 0.15) is 34.1 Å². The minimum Gasteiger partial charge on any atom is -0.760 e. The van der Waals surface area contributed by atoms with Crippen LogP contribution in [0.25, 0.3) is 0 Å². The molecular formula is C8H18NO2S-. The van der Waals surface area contributed by atoms with Gasteiger partial charge in [-0.05, 0) is 11.8 Å². The van der Waals surface area contributed by atoms with E-state index in [4.69, 9.17) is 0 Å². The molecule has 3 nitrogen and oxygen atoms in total. The SMILES string of the molecule is CCN(CCC(C)(C)C)S(=O)[O-]. The fourth-order valence-corrected chi connectivity index (χ4v) is 1.25. The van der Waals surface area contributed by atoms with Crippen molar-refractivity contribution in [3.63, 3.8) is 0 Å². The minimum atomic E-state index is -2.05. The Morgan fingerprint density at radius 1 is 1.42 bits per heavy atom. The second kappa shape index (κ2) is 4.94. The number of rotatable bonds is 4. The van der Waals surface area contributed by atoms with Gasteiger partial charge < -0.3 is 4.55 Å². The van der Waals surface area contributed by atoms with Gasteiger partial charge in [0.25, 0.3) is 0 Å². The zero-order valence-corrected chi connectivity index (χ0v) is 9.11. The fraction of sp³-hybridized carbons (Fsp3) is 1.00. The van der Waals surface area contributed by atoms with Gasteiger partial charge in [0.2, 0.25) is 0 Å². The van der Waals surface area contributed by atoms with Crippen LogP contribution in [-0.4, -0.2) is 26.2 Å². The summed E-state index contributed by atoms with van der Waals surface area (Å²) in [5, 5.41) is 0. The van der Waals surface area contributed by atoms with Crippen LogP contribution in [0.2, 0.25) is 0 Å². The molecule has 1 unspecified atom stereocenters. The first kappa shape index (κ1) is 12.1. The van der Waals surface area contributed by atoms with Crippen LogP contribution in [0.4, 0.5) is 0 Å². The van der Waals surface area contributed by atoms with Crippen molar-refractivity contribution < 1.29 is 8.76 Å². The van der Waals surface area contributed by atoms with E-state index >= 15 is 0 Å². The molecular weight excluding hydrogens is 174 g/mol. The van der Waals surface area contributed by atoms with Crippen molar-refractivity contribution in [3.05, 3.63) is 0 Å². The summed E-state index contributed by atoms with van der Waals surface area (Å²) in [6.07, 6.45) is 0.898. The predicted octanol–water partition coefficient (Wildman–Crippen LogP) is 1.54. The highest BCUT2D eigenvalue weighted by atomic mass is 32.2. The molecule has 0 bridgehead atoms. The van der Waals surface area contributed by atoms with E-state index < -0.39 is 11.3 Å². The Hall–Kier alpha value is 0.0700. The van der Waals surface area contributed by atoms with Gasteiger partial charge in [-0.2, -0.15) is 0 Å². The zero-order valence-electron chi connectivity index (χ0n) is 8.29. The zero-order chi connectivity index (χ0) is 9.78. The monoisotopic (exact) mass is 192 g/mol. The molecule has 0 spiro atoms. The Bertz CT molecular complexity index is 154. The number of hydrogen-bond donors (Lipinski definition) is 0. The Morgan fingerprint density at radius 3 is 2.17 bits per heavy atom. The molecule has 0 aliphatic rings. The molecule has 12 heavy (non-hydrogen) atoms. The van der Waals surface area contributed by atoms with E-state index in [0.29, 0.717) is 13.1 Å². The number of nitrogens with zero attached hydrogens (tertiary/aromatic N) is 1. The van der Waals surface area contributed by atoms with E-state index in [0.717, 1.165) is 6.42 Å². The van der Waals surface area contributed by atoms with Crippen molar-refractivity contribution in [1.82, 2.24) is 4.31 Å². The summed E-state index contributed by atoms with van der Waals surface area (Å²) in [6, 6.07) is 0. The maximum absolute atomic E-state index is 10.6. The molecule has 0 rings (SSSR count). The fourth-order valence-electron chi connectivity index (χ4n) is 0.798. The van der Waals surface area contributed by atoms with E-state index in [1.54, 1.807) is 0 Å². The van der Waals surface area contributed by atoms with Gasteiger partial charge in [0.15, 0.2) is 0 Å². The molecule has 0 aromatic carbocycles. The van der Waals surface area contributed by atoms with Crippen LogP contribution in [0.3, 0.4) is 0 Å². The lowest BCUT2D eigenvalue weighted by Crippen LogP contribution is -2.29. The van der Waals surface area contributed by atoms with Crippen LogP contribution in [0, 0.1) is 5.41 Å². The summed E-state index contributed by atoms with van der Waals surface area (Å²) in [4.78, 5) is 0. The van der Waals surface area contributed by atoms with Gasteiger partial charge in [0.1, 0.15) is 0 Å². The van der Waals surface area contributed by atoms with Crippen LogP contribution in [0.5, 0.6) is 0 Å². The third kappa shape index (κ3) is 5.69. The van der Waals surface area contributed by atoms with Crippen molar-refractivity contribution in [2.75, 3.05) is 13.1 Å². The Labute approximate surface area is 77.6 Å². The first-order valence-electron chi connectivity index (χ1n) is 4.21. The largest absolute Gasteiger partial charge is 0.760 e. The lowest BCUT2D eigenvalue weighted by atomic mass is 9.92. The molecule has 0 N–H and O–H groups in total.